The van der Waals surface area contributed by atoms with E-state index in [2.05, 4.69) is 5.32 Å². The number of pyridine rings is 1. The van der Waals surface area contributed by atoms with E-state index in [1.54, 1.807) is 43.4 Å². The SMILES string of the molecule is Cn1c(=O)c(C(=O)C[C@@H](Nc2cccc3cccc(N)c23)c2ccco2)c(O)c2ccccc21. The fourth-order valence-corrected chi connectivity index (χ4v) is 4.41. The van der Waals surface area contributed by atoms with Crippen LogP contribution >= 0.6 is 0 Å². The number of para-hydroxylation sites is 1. The first-order chi connectivity index (χ1) is 16.5. The highest BCUT2D eigenvalue weighted by Crippen LogP contribution is 2.34. The Kier molecular flexibility index (Phi) is 5.30. The molecule has 0 aliphatic carbocycles. The van der Waals surface area contributed by atoms with Crippen molar-refractivity contribution >= 4 is 38.8 Å². The number of fused-ring (bicyclic) bond motifs is 2. The predicted octanol–water partition coefficient (Wildman–Crippen LogP) is 5.00. The predicted molar refractivity (Wildman–Crippen MR) is 133 cm³/mol. The summed E-state index contributed by atoms with van der Waals surface area (Å²) in [5.74, 6) is -0.278. The Morgan fingerprint density at radius 2 is 1.82 bits per heavy atom. The van der Waals surface area contributed by atoms with E-state index in [1.165, 1.54) is 10.8 Å². The Morgan fingerprint density at radius 1 is 1.06 bits per heavy atom. The number of rotatable bonds is 6. The van der Waals surface area contributed by atoms with Gasteiger partial charge in [0.15, 0.2) is 5.78 Å². The second-order valence-corrected chi connectivity index (χ2v) is 8.20. The first-order valence-electron chi connectivity index (χ1n) is 10.9. The van der Waals surface area contributed by atoms with Crippen LogP contribution in [0.4, 0.5) is 11.4 Å². The number of hydrogen-bond acceptors (Lipinski definition) is 6. The molecule has 0 radical (unpaired) electrons. The number of carbonyl (C=O) groups excluding carboxylic acids is 1. The number of nitrogens with two attached hydrogens (primary N) is 1. The standard InChI is InChI=1S/C27H23N3O4/c1-30-21-12-3-2-9-17(21)26(32)25(27(30)33)22(31)15-20(23-13-6-14-34-23)29-19-11-5-8-16-7-4-10-18(28)24(16)19/h2-14,20,29,32H,15,28H2,1H3/t20-/m1/s1. The quantitative estimate of drug-likeness (QED) is 0.247. The van der Waals surface area contributed by atoms with E-state index in [1.807, 2.05) is 36.4 Å². The van der Waals surface area contributed by atoms with Gasteiger partial charge < -0.3 is 25.1 Å². The van der Waals surface area contributed by atoms with E-state index in [0.717, 1.165) is 16.5 Å². The van der Waals surface area contributed by atoms with Gasteiger partial charge in [0.05, 0.1) is 17.8 Å². The van der Waals surface area contributed by atoms with Gasteiger partial charge in [-0.1, -0.05) is 36.4 Å². The molecule has 0 fully saturated rings. The Morgan fingerprint density at radius 3 is 2.59 bits per heavy atom. The van der Waals surface area contributed by atoms with Crippen molar-refractivity contribution in [1.29, 1.82) is 0 Å². The summed E-state index contributed by atoms with van der Waals surface area (Å²) in [5.41, 5.74) is 7.35. The van der Waals surface area contributed by atoms with E-state index in [4.69, 9.17) is 10.2 Å². The fraction of sp³-hybridized carbons (Fsp3) is 0.111. The third-order valence-corrected chi connectivity index (χ3v) is 6.10. The van der Waals surface area contributed by atoms with Crippen molar-refractivity contribution in [2.24, 2.45) is 7.05 Å². The number of furan rings is 1. The van der Waals surface area contributed by atoms with Gasteiger partial charge in [0, 0.05) is 35.6 Å². The normalized spacial score (nSPS) is 12.1. The van der Waals surface area contributed by atoms with E-state index in [0.29, 0.717) is 22.4 Å². The molecule has 0 spiro atoms. The van der Waals surface area contributed by atoms with Gasteiger partial charge in [-0.2, -0.15) is 0 Å². The van der Waals surface area contributed by atoms with Gasteiger partial charge in [-0.3, -0.25) is 9.59 Å². The molecule has 4 N–H and O–H groups in total. The molecular formula is C27H23N3O4. The Labute approximate surface area is 195 Å². The van der Waals surface area contributed by atoms with Gasteiger partial charge in [0.2, 0.25) is 0 Å². The van der Waals surface area contributed by atoms with Crippen molar-refractivity contribution in [3.8, 4) is 5.75 Å². The molecule has 0 amide bonds. The number of aryl methyl sites for hydroxylation is 1. The lowest BCUT2D eigenvalue weighted by atomic mass is 9.99. The molecule has 0 saturated carbocycles. The zero-order valence-electron chi connectivity index (χ0n) is 18.5. The highest BCUT2D eigenvalue weighted by Gasteiger charge is 2.26. The highest BCUT2D eigenvalue weighted by atomic mass is 16.3. The molecular weight excluding hydrogens is 430 g/mol. The smallest absolute Gasteiger partial charge is 0.265 e. The van der Waals surface area contributed by atoms with E-state index in [9.17, 15) is 14.7 Å². The molecule has 34 heavy (non-hydrogen) atoms. The number of nitrogens with one attached hydrogen (secondary N) is 1. The molecule has 2 aromatic heterocycles. The number of aromatic hydroxyl groups is 1. The molecule has 0 saturated heterocycles. The molecule has 3 aromatic carbocycles. The Balaban J connectivity index is 1.57. The number of ketones is 1. The van der Waals surface area contributed by atoms with Crippen molar-refractivity contribution in [2.45, 2.75) is 12.5 Å². The van der Waals surface area contributed by atoms with Crippen LogP contribution in [0, 0.1) is 0 Å². The van der Waals surface area contributed by atoms with Crippen LogP contribution in [0.2, 0.25) is 0 Å². The van der Waals surface area contributed by atoms with Gasteiger partial charge in [-0.15, -0.1) is 0 Å². The molecule has 2 heterocycles. The summed E-state index contributed by atoms with van der Waals surface area (Å²) < 4.78 is 6.99. The maximum absolute atomic E-state index is 13.4. The number of anilines is 2. The molecule has 7 heteroatoms. The molecule has 0 aliphatic rings. The van der Waals surface area contributed by atoms with Crippen LogP contribution in [0.5, 0.6) is 5.75 Å². The summed E-state index contributed by atoms with van der Waals surface area (Å²) in [6.07, 6.45) is 1.41. The Hall–Kier alpha value is -4.52. The van der Waals surface area contributed by atoms with Crippen molar-refractivity contribution in [2.75, 3.05) is 11.1 Å². The average molecular weight is 453 g/mol. The number of Topliss-reactive ketones (excluding diaryl/α,β-unsaturated/α-hetero) is 1. The third kappa shape index (κ3) is 3.57. The van der Waals surface area contributed by atoms with Crippen LogP contribution in [0.1, 0.15) is 28.6 Å². The van der Waals surface area contributed by atoms with Crippen LogP contribution < -0.4 is 16.6 Å². The minimum atomic E-state index is -0.594. The lowest BCUT2D eigenvalue weighted by Crippen LogP contribution is -2.26. The van der Waals surface area contributed by atoms with Crippen molar-refractivity contribution in [3.05, 3.63) is 101 Å². The first kappa shape index (κ1) is 21.3. The van der Waals surface area contributed by atoms with Crippen LogP contribution in [0.25, 0.3) is 21.7 Å². The maximum atomic E-state index is 13.4. The zero-order chi connectivity index (χ0) is 23.8. The summed E-state index contributed by atoms with van der Waals surface area (Å²) in [5, 5.41) is 16.4. The van der Waals surface area contributed by atoms with Gasteiger partial charge in [0.25, 0.3) is 5.56 Å². The van der Waals surface area contributed by atoms with Crippen molar-refractivity contribution < 1.29 is 14.3 Å². The van der Waals surface area contributed by atoms with Crippen LogP contribution in [-0.4, -0.2) is 15.5 Å². The minimum absolute atomic E-state index is 0.113. The second kappa shape index (κ2) is 8.44. The largest absolute Gasteiger partial charge is 0.506 e. The second-order valence-electron chi connectivity index (χ2n) is 8.20. The summed E-state index contributed by atoms with van der Waals surface area (Å²) in [7, 11) is 1.59. The van der Waals surface area contributed by atoms with Crippen molar-refractivity contribution in [3.63, 3.8) is 0 Å². The molecule has 0 bridgehead atoms. The Bertz CT molecular complexity index is 1580. The number of carbonyl (C=O) groups is 1. The lowest BCUT2D eigenvalue weighted by molar-refractivity contribution is 0.0969. The maximum Gasteiger partial charge on any atom is 0.265 e. The number of nitrogens with zero attached hydrogens (tertiary/aromatic N) is 1. The number of hydrogen-bond donors (Lipinski definition) is 3. The van der Waals surface area contributed by atoms with E-state index < -0.39 is 17.4 Å². The van der Waals surface area contributed by atoms with Crippen LogP contribution in [-0.2, 0) is 7.05 Å². The zero-order valence-corrected chi connectivity index (χ0v) is 18.5. The van der Waals surface area contributed by atoms with Gasteiger partial charge in [-0.05, 0) is 41.8 Å². The molecule has 7 nitrogen and oxygen atoms in total. The van der Waals surface area contributed by atoms with Gasteiger partial charge >= 0.3 is 0 Å². The summed E-state index contributed by atoms with van der Waals surface area (Å²) in [6.45, 7) is 0. The van der Waals surface area contributed by atoms with E-state index in [-0.39, 0.29) is 17.7 Å². The molecule has 170 valence electrons. The molecule has 0 aliphatic heterocycles. The molecule has 5 aromatic rings. The summed E-state index contributed by atoms with van der Waals surface area (Å²) in [6, 6.07) is 21.2. The number of aromatic nitrogens is 1. The lowest BCUT2D eigenvalue weighted by Gasteiger charge is -2.20. The van der Waals surface area contributed by atoms with Gasteiger partial charge in [-0.25, -0.2) is 0 Å². The average Bonchev–Trinajstić information content (AvgIpc) is 3.38. The first-order valence-corrected chi connectivity index (χ1v) is 10.9. The number of benzene rings is 3. The fourth-order valence-electron chi connectivity index (χ4n) is 4.41. The summed E-state index contributed by atoms with van der Waals surface area (Å²) in [4.78, 5) is 26.4. The van der Waals surface area contributed by atoms with Gasteiger partial charge in [0.1, 0.15) is 17.1 Å². The highest BCUT2D eigenvalue weighted by molar-refractivity contribution is 6.05. The minimum Gasteiger partial charge on any atom is -0.506 e. The van der Waals surface area contributed by atoms with Crippen LogP contribution in [0.3, 0.4) is 0 Å². The topological polar surface area (TPSA) is 110 Å². The third-order valence-electron chi connectivity index (χ3n) is 6.10. The molecule has 0 unspecified atom stereocenters. The monoisotopic (exact) mass is 453 g/mol. The molecule has 1 atom stereocenters. The van der Waals surface area contributed by atoms with Crippen LogP contribution in [0.15, 0.2) is 88.3 Å². The number of nitrogen functional groups attached to an aromatic ring is 1. The van der Waals surface area contributed by atoms with Crippen molar-refractivity contribution in [1.82, 2.24) is 4.57 Å². The summed E-state index contributed by atoms with van der Waals surface area (Å²) >= 11 is 0. The van der Waals surface area contributed by atoms with E-state index >= 15 is 0 Å². The molecule has 5 rings (SSSR count).